The van der Waals surface area contributed by atoms with E-state index in [4.69, 9.17) is 0 Å². The molecule has 0 amide bonds. The minimum absolute atomic E-state index is 0.0718. The predicted octanol–water partition coefficient (Wildman–Crippen LogP) is 1.16. The number of aryl methyl sites for hydroxylation is 1. The maximum absolute atomic E-state index is 12.2. The monoisotopic (exact) mass is 305 g/mol. The number of aromatic nitrogens is 1. The van der Waals surface area contributed by atoms with Gasteiger partial charge in [-0.3, -0.25) is 0 Å². The third-order valence-electron chi connectivity index (χ3n) is 2.72. The van der Waals surface area contributed by atoms with Crippen LogP contribution in [-0.4, -0.2) is 37.6 Å². The van der Waals surface area contributed by atoms with Gasteiger partial charge in [0.25, 0.3) is 0 Å². The van der Waals surface area contributed by atoms with Gasteiger partial charge in [0, 0.05) is 37.3 Å². The Bertz CT molecular complexity index is 497. The first-order chi connectivity index (χ1) is 8.90. The SMILES string of the molecule is CCNCc1cc(S(=O)(=O)NC(C)CSC)cn1C. The quantitative estimate of drug-likeness (QED) is 0.757. The summed E-state index contributed by atoms with van der Waals surface area (Å²) in [6.07, 6.45) is 3.61. The second kappa shape index (κ2) is 7.33. The summed E-state index contributed by atoms with van der Waals surface area (Å²) in [5.74, 6) is 0.760. The normalized spacial score (nSPS) is 13.7. The molecule has 1 rings (SSSR count). The van der Waals surface area contributed by atoms with Crippen LogP contribution in [0.2, 0.25) is 0 Å². The van der Waals surface area contributed by atoms with Crippen molar-refractivity contribution in [3.63, 3.8) is 0 Å². The Morgan fingerprint density at radius 3 is 2.74 bits per heavy atom. The fourth-order valence-corrected chi connectivity index (χ4v) is 3.80. The van der Waals surface area contributed by atoms with E-state index >= 15 is 0 Å². The molecule has 1 heterocycles. The van der Waals surface area contributed by atoms with Crippen molar-refractivity contribution in [1.82, 2.24) is 14.6 Å². The van der Waals surface area contributed by atoms with Crippen molar-refractivity contribution in [2.24, 2.45) is 7.05 Å². The van der Waals surface area contributed by atoms with Gasteiger partial charge in [0.15, 0.2) is 0 Å². The van der Waals surface area contributed by atoms with Crippen molar-refractivity contribution in [3.05, 3.63) is 18.0 Å². The second-order valence-electron chi connectivity index (χ2n) is 4.54. The summed E-state index contributed by atoms with van der Waals surface area (Å²) in [5.41, 5.74) is 0.958. The molecule has 1 aromatic rings. The fourth-order valence-electron chi connectivity index (χ4n) is 1.77. The zero-order chi connectivity index (χ0) is 14.5. The van der Waals surface area contributed by atoms with Gasteiger partial charge in [-0.05, 0) is 25.8 Å². The predicted molar refractivity (Wildman–Crippen MR) is 81.0 cm³/mol. The molecular formula is C12H23N3O2S2. The molecule has 0 aliphatic rings. The van der Waals surface area contributed by atoms with Crippen molar-refractivity contribution in [3.8, 4) is 0 Å². The average molecular weight is 305 g/mol. The van der Waals surface area contributed by atoms with E-state index < -0.39 is 10.0 Å². The maximum atomic E-state index is 12.2. The van der Waals surface area contributed by atoms with Crippen molar-refractivity contribution in [1.29, 1.82) is 0 Å². The molecule has 0 radical (unpaired) electrons. The first kappa shape index (κ1) is 16.6. The molecule has 0 aliphatic heterocycles. The molecule has 1 aromatic heterocycles. The summed E-state index contributed by atoms with van der Waals surface area (Å²) in [7, 11) is -1.56. The van der Waals surface area contributed by atoms with E-state index in [0.717, 1.165) is 18.0 Å². The first-order valence-electron chi connectivity index (χ1n) is 6.28. The molecule has 0 saturated heterocycles. The Labute approximate surface area is 120 Å². The summed E-state index contributed by atoms with van der Waals surface area (Å²) in [5, 5.41) is 3.19. The largest absolute Gasteiger partial charge is 0.352 e. The summed E-state index contributed by atoms with van der Waals surface area (Å²) >= 11 is 1.62. The van der Waals surface area contributed by atoms with Crippen LogP contribution >= 0.6 is 11.8 Å². The highest BCUT2D eigenvalue weighted by molar-refractivity contribution is 7.98. The second-order valence-corrected chi connectivity index (χ2v) is 7.16. The molecule has 0 bridgehead atoms. The van der Waals surface area contributed by atoms with Gasteiger partial charge >= 0.3 is 0 Å². The summed E-state index contributed by atoms with van der Waals surface area (Å²) in [4.78, 5) is 0.329. The molecule has 110 valence electrons. The highest BCUT2D eigenvalue weighted by Crippen LogP contribution is 2.14. The van der Waals surface area contributed by atoms with Crippen LogP contribution in [0.25, 0.3) is 0 Å². The molecule has 5 nitrogen and oxygen atoms in total. The van der Waals surface area contributed by atoms with Crippen LogP contribution < -0.4 is 10.0 Å². The Morgan fingerprint density at radius 2 is 2.16 bits per heavy atom. The standard InChI is InChI=1S/C12H23N3O2S2/c1-5-13-7-11-6-12(8-15(11)3)19(16,17)14-10(2)9-18-4/h6,8,10,13-14H,5,7,9H2,1-4H3. The average Bonchev–Trinajstić information content (AvgIpc) is 2.68. The van der Waals surface area contributed by atoms with Crippen molar-refractivity contribution in [2.45, 2.75) is 31.3 Å². The lowest BCUT2D eigenvalue weighted by atomic mass is 10.4. The van der Waals surface area contributed by atoms with Crippen molar-refractivity contribution < 1.29 is 8.42 Å². The number of nitrogens with zero attached hydrogens (tertiary/aromatic N) is 1. The van der Waals surface area contributed by atoms with Gasteiger partial charge in [-0.1, -0.05) is 6.92 Å². The smallest absolute Gasteiger partial charge is 0.242 e. The van der Waals surface area contributed by atoms with Gasteiger partial charge in [-0.25, -0.2) is 13.1 Å². The third-order valence-corrected chi connectivity index (χ3v) is 5.11. The third kappa shape index (κ3) is 4.83. The van der Waals surface area contributed by atoms with Crippen LogP contribution in [0.15, 0.2) is 17.2 Å². The lowest BCUT2D eigenvalue weighted by Gasteiger charge is -2.11. The van der Waals surface area contributed by atoms with E-state index in [1.165, 1.54) is 0 Å². The summed E-state index contributed by atoms with van der Waals surface area (Å²) < 4.78 is 28.9. The molecule has 2 N–H and O–H groups in total. The molecule has 0 fully saturated rings. The molecule has 0 saturated carbocycles. The number of nitrogens with one attached hydrogen (secondary N) is 2. The van der Waals surface area contributed by atoms with Gasteiger partial charge in [0.1, 0.15) is 0 Å². The molecule has 7 heteroatoms. The number of thioether (sulfide) groups is 1. The Kier molecular flexibility index (Phi) is 6.38. The van der Waals surface area contributed by atoms with E-state index in [0.29, 0.717) is 11.4 Å². The highest BCUT2D eigenvalue weighted by Gasteiger charge is 2.19. The zero-order valence-corrected chi connectivity index (χ0v) is 13.6. The molecule has 0 aromatic carbocycles. The minimum Gasteiger partial charge on any atom is -0.352 e. The number of hydrogen-bond acceptors (Lipinski definition) is 4. The van der Waals surface area contributed by atoms with Gasteiger partial charge in [0.05, 0.1) is 4.90 Å². The molecule has 1 atom stereocenters. The fraction of sp³-hybridized carbons (Fsp3) is 0.667. The Balaban J connectivity index is 2.84. The van der Waals surface area contributed by atoms with Crippen molar-refractivity contribution in [2.75, 3.05) is 18.6 Å². The van der Waals surface area contributed by atoms with Crippen LogP contribution in [0.5, 0.6) is 0 Å². The van der Waals surface area contributed by atoms with Crippen LogP contribution in [0, 0.1) is 0 Å². The van der Waals surface area contributed by atoms with E-state index in [1.54, 1.807) is 24.0 Å². The van der Waals surface area contributed by atoms with E-state index in [1.807, 2.05) is 31.7 Å². The molecule has 1 unspecified atom stereocenters. The lowest BCUT2D eigenvalue weighted by Crippen LogP contribution is -2.34. The molecule has 0 aliphatic carbocycles. The Morgan fingerprint density at radius 1 is 1.47 bits per heavy atom. The van der Waals surface area contributed by atoms with Crippen molar-refractivity contribution >= 4 is 21.8 Å². The molecule has 19 heavy (non-hydrogen) atoms. The van der Waals surface area contributed by atoms with Gasteiger partial charge in [-0.15, -0.1) is 0 Å². The summed E-state index contributed by atoms with van der Waals surface area (Å²) in [6, 6.07) is 1.65. The number of sulfonamides is 1. The Hall–Kier alpha value is -0.500. The molecular weight excluding hydrogens is 282 g/mol. The number of rotatable bonds is 8. The van der Waals surface area contributed by atoms with Gasteiger partial charge in [0.2, 0.25) is 10.0 Å². The van der Waals surface area contributed by atoms with Crippen LogP contribution in [0.4, 0.5) is 0 Å². The highest BCUT2D eigenvalue weighted by atomic mass is 32.2. The van der Waals surface area contributed by atoms with E-state index in [9.17, 15) is 8.42 Å². The topological polar surface area (TPSA) is 63.1 Å². The van der Waals surface area contributed by atoms with Crippen LogP contribution in [-0.2, 0) is 23.6 Å². The zero-order valence-electron chi connectivity index (χ0n) is 11.9. The van der Waals surface area contributed by atoms with E-state index in [2.05, 4.69) is 10.0 Å². The van der Waals surface area contributed by atoms with Gasteiger partial charge < -0.3 is 9.88 Å². The minimum atomic E-state index is -3.42. The van der Waals surface area contributed by atoms with Crippen LogP contribution in [0.3, 0.4) is 0 Å². The van der Waals surface area contributed by atoms with Crippen LogP contribution in [0.1, 0.15) is 19.5 Å². The lowest BCUT2D eigenvalue weighted by molar-refractivity contribution is 0.571. The van der Waals surface area contributed by atoms with E-state index in [-0.39, 0.29) is 6.04 Å². The number of hydrogen-bond donors (Lipinski definition) is 2. The summed E-state index contributed by atoms with van der Waals surface area (Å²) in [6.45, 7) is 5.42. The maximum Gasteiger partial charge on any atom is 0.242 e. The van der Waals surface area contributed by atoms with Gasteiger partial charge in [-0.2, -0.15) is 11.8 Å². The first-order valence-corrected chi connectivity index (χ1v) is 9.15. The molecule has 0 spiro atoms.